The van der Waals surface area contributed by atoms with Crippen LogP contribution in [0.15, 0.2) is 24.3 Å². The summed E-state index contributed by atoms with van der Waals surface area (Å²) in [5, 5.41) is 8.69. The van der Waals surface area contributed by atoms with Crippen LogP contribution in [0, 0.1) is 0 Å². The van der Waals surface area contributed by atoms with Crippen molar-refractivity contribution in [3.05, 3.63) is 24.3 Å². The molecule has 0 fully saturated rings. The molecule has 0 bridgehead atoms. The van der Waals surface area contributed by atoms with E-state index in [1.54, 1.807) is 25.1 Å². The fourth-order valence-electron chi connectivity index (χ4n) is 2.00. The van der Waals surface area contributed by atoms with E-state index in [0.29, 0.717) is 18.0 Å². The number of hydrogen-bond acceptors (Lipinski definition) is 4. The van der Waals surface area contributed by atoms with Crippen molar-refractivity contribution in [3.63, 3.8) is 0 Å². The molecule has 0 spiro atoms. The highest BCUT2D eigenvalue weighted by Crippen LogP contribution is 2.31. The number of hydrogen-bond donors (Lipinski definition) is 1. The average molecular weight is 279 g/mol. The number of aliphatic carboxylic acids is 1. The summed E-state index contributed by atoms with van der Waals surface area (Å²) in [6.45, 7) is 2.55. The third-order valence-corrected chi connectivity index (χ3v) is 3.07. The summed E-state index contributed by atoms with van der Waals surface area (Å²) < 4.78 is 11.1. The number of nitrogens with zero attached hydrogens (tertiary/aromatic N) is 1. The monoisotopic (exact) mass is 279 g/mol. The zero-order valence-electron chi connectivity index (χ0n) is 11.2. The Morgan fingerprint density at radius 2 is 2.05 bits per heavy atom. The molecule has 1 aromatic carbocycles. The van der Waals surface area contributed by atoms with Crippen molar-refractivity contribution in [3.8, 4) is 11.5 Å². The Hall–Kier alpha value is -2.24. The third-order valence-electron chi connectivity index (χ3n) is 3.07. The first-order chi connectivity index (χ1) is 9.61. The van der Waals surface area contributed by atoms with Gasteiger partial charge < -0.3 is 19.5 Å². The normalized spacial score (nSPS) is 16.6. The van der Waals surface area contributed by atoms with Crippen LogP contribution < -0.4 is 9.47 Å². The standard InChI is InChI=1S/C14H17NO5/c1-2-15(8-7-13(16)17)14(18)12-9-19-10-5-3-4-6-11(10)20-12/h3-6,12H,2,7-9H2,1H3,(H,16,17). The molecule has 6 nitrogen and oxygen atoms in total. The highest BCUT2D eigenvalue weighted by Gasteiger charge is 2.30. The first-order valence-corrected chi connectivity index (χ1v) is 6.51. The van der Waals surface area contributed by atoms with Crippen molar-refractivity contribution in [2.24, 2.45) is 0 Å². The largest absolute Gasteiger partial charge is 0.485 e. The molecule has 6 heteroatoms. The van der Waals surface area contributed by atoms with Gasteiger partial charge in [-0.3, -0.25) is 9.59 Å². The minimum Gasteiger partial charge on any atom is -0.485 e. The Morgan fingerprint density at radius 3 is 2.70 bits per heavy atom. The maximum absolute atomic E-state index is 12.3. The molecule has 0 aromatic heterocycles. The summed E-state index contributed by atoms with van der Waals surface area (Å²) in [6.07, 6.45) is -0.803. The molecule has 0 aliphatic carbocycles. The number of likely N-dealkylation sites (N-methyl/N-ethyl adjacent to an activating group) is 1. The molecule has 1 amide bonds. The Bertz CT molecular complexity index is 502. The molecule has 2 rings (SSSR count). The highest BCUT2D eigenvalue weighted by atomic mass is 16.6. The number of amides is 1. The van der Waals surface area contributed by atoms with Gasteiger partial charge in [0.15, 0.2) is 11.5 Å². The minimum absolute atomic E-state index is 0.0796. The molecule has 108 valence electrons. The lowest BCUT2D eigenvalue weighted by atomic mass is 10.2. The maximum Gasteiger partial charge on any atom is 0.305 e. The van der Waals surface area contributed by atoms with Crippen molar-refractivity contribution >= 4 is 11.9 Å². The fraction of sp³-hybridized carbons (Fsp3) is 0.429. The number of rotatable bonds is 5. The van der Waals surface area contributed by atoms with Crippen LogP contribution in [0.3, 0.4) is 0 Å². The summed E-state index contributed by atoms with van der Waals surface area (Å²) in [4.78, 5) is 24.3. The van der Waals surface area contributed by atoms with E-state index >= 15 is 0 Å². The molecule has 20 heavy (non-hydrogen) atoms. The van der Waals surface area contributed by atoms with Crippen molar-refractivity contribution in [2.45, 2.75) is 19.4 Å². The molecule has 1 atom stereocenters. The zero-order valence-corrected chi connectivity index (χ0v) is 11.2. The summed E-state index contributed by atoms with van der Waals surface area (Å²) in [5.74, 6) is -0.0258. The van der Waals surface area contributed by atoms with Gasteiger partial charge in [-0.25, -0.2) is 0 Å². The molecule has 1 aliphatic rings. The van der Waals surface area contributed by atoms with Gasteiger partial charge in [0.1, 0.15) is 6.61 Å². The highest BCUT2D eigenvalue weighted by molar-refractivity contribution is 5.82. The van der Waals surface area contributed by atoms with Gasteiger partial charge in [-0.05, 0) is 19.1 Å². The van der Waals surface area contributed by atoms with Crippen LogP contribution in [-0.2, 0) is 9.59 Å². The Balaban J connectivity index is 2.01. The van der Waals surface area contributed by atoms with E-state index in [0.717, 1.165) is 0 Å². The van der Waals surface area contributed by atoms with E-state index in [9.17, 15) is 9.59 Å². The maximum atomic E-state index is 12.3. The van der Waals surface area contributed by atoms with Crippen LogP contribution in [0.5, 0.6) is 11.5 Å². The molecule has 1 unspecified atom stereocenters. The number of carboxylic acids is 1. The second kappa shape index (κ2) is 6.27. The molecule has 1 aromatic rings. The lowest BCUT2D eigenvalue weighted by Gasteiger charge is -2.29. The number of fused-ring (bicyclic) bond motifs is 1. The lowest BCUT2D eigenvalue weighted by Crippen LogP contribution is -2.46. The first-order valence-electron chi connectivity index (χ1n) is 6.51. The van der Waals surface area contributed by atoms with Crippen molar-refractivity contribution in [1.82, 2.24) is 4.90 Å². The van der Waals surface area contributed by atoms with Crippen molar-refractivity contribution in [2.75, 3.05) is 19.7 Å². The second-order valence-corrected chi connectivity index (χ2v) is 4.43. The minimum atomic E-state index is -0.928. The number of carbonyl (C=O) groups is 2. The molecule has 0 radical (unpaired) electrons. The SMILES string of the molecule is CCN(CCC(=O)O)C(=O)C1COc2ccccc2O1. The van der Waals surface area contributed by atoms with Gasteiger partial charge >= 0.3 is 5.97 Å². The Kier molecular flexibility index (Phi) is 4.45. The average Bonchev–Trinajstić information content (AvgIpc) is 2.47. The van der Waals surface area contributed by atoms with Crippen LogP contribution in [0.2, 0.25) is 0 Å². The molecular formula is C14H17NO5. The molecule has 1 heterocycles. The lowest BCUT2D eigenvalue weighted by molar-refractivity contribution is -0.143. The zero-order chi connectivity index (χ0) is 14.5. The van der Waals surface area contributed by atoms with Gasteiger partial charge in [0.2, 0.25) is 6.10 Å². The molecule has 0 saturated heterocycles. The topological polar surface area (TPSA) is 76.1 Å². The van der Waals surface area contributed by atoms with Gasteiger partial charge in [-0.15, -0.1) is 0 Å². The number of benzene rings is 1. The van der Waals surface area contributed by atoms with E-state index in [2.05, 4.69) is 0 Å². The molecule has 1 N–H and O–H groups in total. The second-order valence-electron chi connectivity index (χ2n) is 4.43. The van der Waals surface area contributed by atoms with Crippen LogP contribution >= 0.6 is 0 Å². The van der Waals surface area contributed by atoms with Crippen LogP contribution in [0.4, 0.5) is 0 Å². The van der Waals surface area contributed by atoms with Crippen LogP contribution in [0.1, 0.15) is 13.3 Å². The quantitative estimate of drug-likeness (QED) is 0.875. The predicted molar refractivity (Wildman–Crippen MR) is 70.9 cm³/mol. The van der Waals surface area contributed by atoms with Gasteiger partial charge in [0, 0.05) is 13.1 Å². The molecule has 1 aliphatic heterocycles. The van der Waals surface area contributed by atoms with Gasteiger partial charge in [0.05, 0.1) is 6.42 Å². The molecular weight excluding hydrogens is 262 g/mol. The number of carbonyl (C=O) groups excluding carboxylic acids is 1. The number of ether oxygens (including phenoxy) is 2. The number of carboxylic acid groups (broad SMARTS) is 1. The van der Waals surface area contributed by atoms with Gasteiger partial charge in [0.25, 0.3) is 5.91 Å². The van der Waals surface area contributed by atoms with E-state index in [1.807, 2.05) is 6.07 Å². The van der Waals surface area contributed by atoms with Crippen LogP contribution in [-0.4, -0.2) is 47.7 Å². The summed E-state index contributed by atoms with van der Waals surface area (Å²) in [5.41, 5.74) is 0. The van der Waals surface area contributed by atoms with E-state index in [1.165, 1.54) is 4.90 Å². The third kappa shape index (κ3) is 3.20. The first kappa shape index (κ1) is 14.2. The number of para-hydroxylation sites is 2. The van der Waals surface area contributed by atoms with E-state index < -0.39 is 12.1 Å². The van der Waals surface area contributed by atoms with Crippen molar-refractivity contribution in [1.29, 1.82) is 0 Å². The van der Waals surface area contributed by atoms with E-state index in [4.69, 9.17) is 14.6 Å². The summed E-state index contributed by atoms with van der Waals surface area (Å²) in [6, 6.07) is 7.15. The summed E-state index contributed by atoms with van der Waals surface area (Å²) in [7, 11) is 0. The van der Waals surface area contributed by atoms with Crippen molar-refractivity contribution < 1.29 is 24.2 Å². The Labute approximate surface area is 116 Å². The predicted octanol–water partition coefficient (Wildman–Crippen LogP) is 1.15. The fourth-order valence-corrected chi connectivity index (χ4v) is 2.00. The van der Waals surface area contributed by atoms with E-state index in [-0.39, 0.29) is 25.5 Å². The van der Waals surface area contributed by atoms with Gasteiger partial charge in [-0.2, -0.15) is 0 Å². The Morgan fingerprint density at radius 1 is 1.35 bits per heavy atom. The molecule has 0 saturated carbocycles. The smallest absolute Gasteiger partial charge is 0.305 e. The summed E-state index contributed by atoms with van der Waals surface area (Å²) >= 11 is 0. The van der Waals surface area contributed by atoms with Crippen LogP contribution in [0.25, 0.3) is 0 Å². The van der Waals surface area contributed by atoms with Gasteiger partial charge in [-0.1, -0.05) is 12.1 Å².